The van der Waals surface area contributed by atoms with Gasteiger partial charge >= 0.3 is 11.9 Å². The number of hydrogen-bond acceptors (Lipinski definition) is 11. The molecule has 1 aliphatic carbocycles. The maximum Gasteiger partial charge on any atom is 0.315 e. The van der Waals surface area contributed by atoms with E-state index in [-0.39, 0.29) is 12.5 Å². The van der Waals surface area contributed by atoms with Gasteiger partial charge in [-0.1, -0.05) is 0 Å². The summed E-state index contributed by atoms with van der Waals surface area (Å²) in [5.41, 5.74) is 0.699. The molecule has 160 valence electrons. The van der Waals surface area contributed by atoms with Crippen LogP contribution in [0.3, 0.4) is 0 Å². The molecule has 0 saturated carbocycles. The van der Waals surface area contributed by atoms with Gasteiger partial charge in [-0.15, -0.1) is 0 Å². The number of carbonyl (C=O) groups excluding carboxylic acids is 2. The van der Waals surface area contributed by atoms with Gasteiger partial charge in [-0.25, -0.2) is 0 Å². The number of esters is 2. The van der Waals surface area contributed by atoms with Crippen LogP contribution in [0.25, 0.3) is 0 Å². The summed E-state index contributed by atoms with van der Waals surface area (Å²) in [6.45, 7) is 0.771. The van der Waals surface area contributed by atoms with Crippen molar-refractivity contribution in [1.29, 1.82) is 0 Å². The first kappa shape index (κ1) is 19.4. The minimum absolute atomic E-state index is 0.00156. The smallest absolute Gasteiger partial charge is 0.315 e. The molecule has 29 heavy (non-hydrogen) atoms. The fourth-order valence-corrected chi connectivity index (χ4v) is 4.91. The van der Waals surface area contributed by atoms with Crippen LogP contribution in [0, 0.1) is 17.8 Å². The second-order valence-electron chi connectivity index (χ2n) is 7.87. The molecule has 5 rings (SSSR count). The van der Waals surface area contributed by atoms with Crippen molar-refractivity contribution in [3.8, 4) is 0 Å². The van der Waals surface area contributed by atoms with E-state index in [9.17, 15) is 24.9 Å². The molecule has 11 heteroatoms. The Balaban J connectivity index is 1.47. The van der Waals surface area contributed by atoms with Crippen LogP contribution in [0.5, 0.6) is 0 Å². The highest BCUT2D eigenvalue weighted by molar-refractivity contribution is 5.77. The predicted molar refractivity (Wildman–Crippen MR) is 87.4 cm³/mol. The lowest BCUT2D eigenvalue weighted by Gasteiger charge is -2.41. The Hall–Kier alpha value is -1.60. The molecule has 2 bridgehead atoms. The predicted octanol–water partition coefficient (Wildman–Crippen LogP) is -2.20. The van der Waals surface area contributed by atoms with Gasteiger partial charge in [0.25, 0.3) is 0 Å². The molecule has 0 unspecified atom stereocenters. The van der Waals surface area contributed by atoms with Gasteiger partial charge in [0, 0.05) is 18.8 Å². The fraction of sp³-hybridized carbons (Fsp3) is 0.778. The van der Waals surface area contributed by atoms with Crippen LogP contribution >= 0.6 is 0 Å². The largest absolute Gasteiger partial charge is 0.461 e. The standard InChI is InChI=1S/C18H22O11/c1-5(20)24-4-6-2-7-10-9(6)16-28-17(11(10)15(23)25-7)27-14-13(22)12(21)8(3-19)26-18(14)29-16/h2,7-14,16-19,21-22H,3-4H2,1H3/t7-,8-,9+,10-,11+,12-,13+,14-,16-,17-,18+/m0/s1. The van der Waals surface area contributed by atoms with Crippen molar-refractivity contribution < 1.29 is 53.3 Å². The van der Waals surface area contributed by atoms with Gasteiger partial charge in [0.05, 0.1) is 6.61 Å². The molecule has 4 saturated heterocycles. The van der Waals surface area contributed by atoms with Crippen molar-refractivity contribution in [3.05, 3.63) is 11.6 Å². The molecule has 0 spiro atoms. The molecule has 11 atom stereocenters. The van der Waals surface area contributed by atoms with Crippen LogP contribution in [-0.2, 0) is 38.0 Å². The van der Waals surface area contributed by atoms with Crippen molar-refractivity contribution in [3.63, 3.8) is 0 Å². The topological polar surface area (TPSA) is 150 Å². The molecule has 4 heterocycles. The van der Waals surface area contributed by atoms with Gasteiger partial charge in [0.15, 0.2) is 18.9 Å². The first-order chi connectivity index (χ1) is 13.9. The van der Waals surface area contributed by atoms with Crippen LogP contribution in [0.4, 0.5) is 0 Å². The third-order valence-electron chi connectivity index (χ3n) is 6.22. The molecule has 0 aromatic rings. The minimum Gasteiger partial charge on any atom is -0.461 e. The normalized spacial score (nSPS) is 50.1. The number of ether oxygens (including phenoxy) is 6. The van der Waals surface area contributed by atoms with Crippen molar-refractivity contribution in [2.75, 3.05) is 13.2 Å². The Labute approximate surface area is 165 Å². The van der Waals surface area contributed by atoms with Crippen LogP contribution in [0.2, 0.25) is 0 Å². The highest BCUT2D eigenvalue weighted by atomic mass is 16.8. The van der Waals surface area contributed by atoms with E-state index in [0.29, 0.717) is 5.57 Å². The van der Waals surface area contributed by atoms with Crippen molar-refractivity contribution in [2.45, 2.75) is 56.3 Å². The summed E-state index contributed by atoms with van der Waals surface area (Å²) in [7, 11) is 0. The van der Waals surface area contributed by atoms with E-state index in [4.69, 9.17) is 28.4 Å². The monoisotopic (exact) mass is 414 g/mol. The number of aliphatic hydroxyl groups is 3. The molecule has 0 aromatic carbocycles. The van der Waals surface area contributed by atoms with Crippen LogP contribution in [0.15, 0.2) is 11.6 Å². The Morgan fingerprint density at radius 2 is 1.79 bits per heavy atom. The summed E-state index contributed by atoms with van der Waals surface area (Å²) in [5.74, 6) is -2.50. The van der Waals surface area contributed by atoms with Gasteiger partial charge in [-0.05, 0) is 11.6 Å². The number of aliphatic hydroxyl groups excluding tert-OH is 3. The SMILES string of the molecule is CC(=O)OCC1=C[C@@H]2OC(=O)[C@@H]3[C@@H]4O[C@@H](O[C@H]5O[C@@H](CO)[C@H](O)[C@@H](O)[C@@H]5O4)[C@H]1[C@@H]32. The van der Waals surface area contributed by atoms with E-state index in [1.54, 1.807) is 6.08 Å². The number of fused-ring (bicyclic) bond motifs is 5. The summed E-state index contributed by atoms with van der Waals surface area (Å²) < 4.78 is 33.8. The quantitative estimate of drug-likeness (QED) is 0.341. The maximum atomic E-state index is 12.5. The van der Waals surface area contributed by atoms with E-state index in [1.165, 1.54) is 6.92 Å². The lowest BCUT2D eigenvalue weighted by Crippen LogP contribution is -2.60. The molecule has 0 amide bonds. The lowest BCUT2D eigenvalue weighted by atomic mass is 9.79. The third kappa shape index (κ3) is 2.92. The Kier molecular flexibility index (Phi) is 4.66. The number of rotatable bonds is 3. The third-order valence-corrected chi connectivity index (χ3v) is 6.22. The molecule has 0 radical (unpaired) electrons. The van der Waals surface area contributed by atoms with Gasteiger partial charge in [0.2, 0.25) is 0 Å². The summed E-state index contributed by atoms with van der Waals surface area (Å²) in [5, 5.41) is 30.0. The average Bonchev–Trinajstić information content (AvgIpc) is 3.14. The van der Waals surface area contributed by atoms with Crippen molar-refractivity contribution in [2.24, 2.45) is 17.8 Å². The Morgan fingerprint density at radius 3 is 2.52 bits per heavy atom. The van der Waals surface area contributed by atoms with Crippen molar-refractivity contribution in [1.82, 2.24) is 0 Å². The van der Waals surface area contributed by atoms with E-state index < -0.39 is 79.8 Å². The molecular weight excluding hydrogens is 392 g/mol. The van der Waals surface area contributed by atoms with Gasteiger partial charge in [0.1, 0.15) is 43.0 Å². The van der Waals surface area contributed by atoms with Gasteiger partial charge in [-0.2, -0.15) is 0 Å². The Morgan fingerprint density at radius 1 is 1.07 bits per heavy atom. The molecule has 4 fully saturated rings. The summed E-state index contributed by atoms with van der Waals surface area (Å²) in [6, 6.07) is 0. The second-order valence-corrected chi connectivity index (χ2v) is 7.87. The average molecular weight is 414 g/mol. The summed E-state index contributed by atoms with van der Waals surface area (Å²) >= 11 is 0. The molecule has 3 N–H and O–H groups in total. The number of hydrogen-bond donors (Lipinski definition) is 3. The Bertz CT molecular complexity index is 737. The van der Waals surface area contributed by atoms with E-state index in [1.807, 2.05) is 0 Å². The maximum absolute atomic E-state index is 12.5. The zero-order valence-electron chi connectivity index (χ0n) is 15.5. The van der Waals surface area contributed by atoms with E-state index in [2.05, 4.69) is 0 Å². The van der Waals surface area contributed by atoms with Crippen LogP contribution < -0.4 is 0 Å². The van der Waals surface area contributed by atoms with E-state index >= 15 is 0 Å². The van der Waals surface area contributed by atoms with Crippen LogP contribution in [-0.4, -0.2) is 89.9 Å². The summed E-state index contributed by atoms with van der Waals surface area (Å²) in [4.78, 5) is 23.7. The molecular formula is C18H22O11. The molecule has 0 aromatic heterocycles. The molecule has 11 nitrogen and oxygen atoms in total. The first-order valence-electron chi connectivity index (χ1n) is 9.52. The summed E-state index contributed by atoms with van der Waals surface area (Å²) in [6.07, 6.45) is -6.91. The number of carbonyl (C=O) groups is 2. The molecule has 5 aliphatic rings. The molecule has 4 aliphatic heterocycles. The highest BCUT2D eigenvalue weighted by Crippen LogP contribution is 2.53. The van der Waals surface area contributed by atoms with Gasteiger partial charge < -0.3 is 43.7 Å². The van der Waals surface area contributed by atoms with E-state index in [0.717, 1.165) is 0 Å². The fourth-order valence-electron chi connectivity index (χ4n) is 4.91. The van der Waals surface area contributed by atoms with Gasteiger partial charge in [-0.3, -0.25) is 9.59 Å². The second kappa shape index (κ2) is 6.98. The van der Waals surface area contributed by atoms with Crippen molar-refractivity contribution >= 4 is 11.9 Å². The zero-order valence-corrected chi connectivity index (χ0v) is 15.5. The lowest BCUT2D eigenvalue weighted by molar-refractivity contribution is -0.318. The first-order valence-corrected chi connectivity index (χ1v) is 9.52. The highest BCUT2D eigenvalue weighted by Gasteiger charge is 2.65. The zero-order chi connectivity index (χ0) is 20.4. The minimum atomic E-state index is -1.42. The van der Waals surface area contributed by atoms with Crippen LogP contribution in [0.1, 0.15) is 6.92 Å².